The second-order valence-electron chi connectivity index (χ2n) is 5.73. The molecule has 0 amide bonds. The van der Waals surface area contributed by atoms with Crippen LogP contribution in [-0.2, 0) is 16.6 Å². The highest BCUT2D eigenvalue weighted by molar-refractivity contribution is 7.89. The highest BCUT2D eigenvalue weighted by Gasteiger charge is 2.19. The Hall–Kier alpha value is -1.70. The van der Waals surface area contributed by atoms with Crippen molar-refractivity contribution in [1.29, 1.82) is 0 Å². The van der Waals surface area contributed by atoms with Crippen molar-refractivity contribution in [3.8, 4) is 0 Å². The van der Waals surface area contributed by atoms with Gasteiger partial charge < -0.3 is 4.90 Å². The second-order valence-corrected chi connectivity index (χ2v) is 7.87. The van der Waals surface area contributed by atoms with E-state index in [9.17, 15) is 8.42 Å². The summed E-state index contributed by atoms with van der Waals surface area (Å²) in [6.45, 7) is 3.68. The summed E-state index contributed by atoms with van der Waals surface area (Å²) in [6, 6.07) is 6.55. The quantitative estimate of drug-likeness (QED) is 0.880. The SMILES string of the molecule is Cc1c(Cl)cccc1S(=O)(=O)NCc1ccnc(N2CCCC2)n1. The topological polar surface area (TPSA) is 75.2 Å². The maximum absolute atomic E-state index is 12.5. The van der Waals surface area contributed by atoms with Gasteiger partial charge in [0.25, 0.3) is 0 Å². The Bertz CT molecular complexity index is 836. The van der Waals surface area contributed by atoms with E-state index in [1.165, 1.54) is 0 Å². The van der Waals surface area contributed by atoms with Crippen molar-refractivity contribution in [2.24, 2.45) is 0 Å². The molecule has 128 valence electrons. The number of anilines is 1. The summed E-state index contributed by atoms with van der Waals surface area (Å²) < 4.78 is 27.6. The molecule has 8 heteroatoms. The van der Waals surface area contributed by atoms with Crippen LogP contribution in [0.15, 0.2) is 35.4 Å². The van der Waals surface area contributed by atoms with Crippen LogP contribution < -0.4 is 9.62 Å². The number of sulfonamides is 1. The van der Waals surface area contributed by atoms with Gasteiger partial charge in [-0.15, -0.1) is 0 Å². The molecule has 0 saturated carbocycles. The van der Waals surface area contributed by atoms with E-state index >= 15 is 0 Å². The highest BCUT2D eigenvalue weighted by Crippen LogP contribution is 2.22. The smallest absolute Gasteiger partial charge is 0.241 e. The molecule has 1 saturated heterocycles. The van der Waals surface area contributed by atoms with Crippen molar-refractivity contribution >= 4 is 27.6 Å². The van der Waals surface area contributed by atoms with Gasteiger partial charge in [0.1, 0.15) is 0 Å². The number of nitrogens with one attached hydrogen (secondary N) is 1. The van der Waals surface area contributed by atoms with Crippen LogP contribution in [0.4, 0.5) is 5.95 Å². The van der Waals surface area contributed by atoms with Gasteiger partial charge in [-0.05, 0) is 43.5 Å². The molecule has 6 nitrogen and oxygen atoms in total. The predicted octanol–water partition coefficient (Wildman–Crippen LogP) is 2.52. The van der Waals surface area contributed by atoms with Gasteiger partial charge in [0, 0.05) is 24.3 Å². The fourth-order valence-corrected chi connectivity index (χ4v) is 4.17. The van der Waals surface area contributed by atoms with Crippen molar-refractivity contribution in [1.82, 2.24) is 14.7 Å². The molecule has 2 heterocycles. The van der Waals surface area contributed by atoms with Gasteiger partial charge in [-0.2, -0.15) is 0 Å². The number of benzene rings is 1. The fourth-order valence-electron chi connectivity index (χ4n) is 2.68. The van der Waals surface area contributed by atoms with E-state index in [1.54, 1.807) is 37.4 Å². The number of aromatic nitrogens is 2. The first-order valence-electron chi connectivity index (χ1n) is 7.79. The molecule has 1 aromatic heterocycles. The number of nitrogens with zero attached hydrogens (tertiary/aromatic N) is 3. The zero-order valence-electron chi connectivity index (χ0n) is 13.4. The third kappa shape index (κ3) is 3.68. The summed E-state index contributed by atoms with van der Waals surface area (Å²) in [6.07, 6.45) is 3.93. The molecule has 2 aromatic rings. The Morgan fingerprint density at radius 3 is 2.75 bits per heavy atom. The lowest BCUT2D eigenvalue weighted by atomic mass is 10.2. The van der Waals surface area contributed by atoms with E-state index in [0.29, 0.717) is 22.2 Å². The molecule has 1 aliphatic heterocycles. The van der Waals surface area contributed by atoms with Gasteiger partial charge in [0.15, 0.2) is 0 Å². The van der Waals surface area contributed by atoms with E-state index in [0.717, 1.165) is 25.9 Å². The van der Waals surface area contributed by atoms with Crippen molar-refractivity contribution in [3.63, 3.8) is 0 Å². The number of hydrogen-bond donors (Lipinski definition) is 1. The Kier molecular flexibility index (Phi) is 5.03. The lowest BCUT2D eigenvalue weighted by Gasteiger charge is -2.15. The van der Waals surface area contributed by atoms with Crippen LogP contribution in [0.3, 0.4) is 0 Å². The molecule has 1 fully saturated rings. The third-order valence-corrected chi connectivity index (χ3v) is 6.00. The number of halogens is 1. The Morgan fingerprint density at radius 2 is 2.00 bits per heavy atom. The highest BCUT2D eigenvalue weighted by atomic mass is 35.5. The fraction of sp³-hybridized carbons (Fsp3) is 0.375. The van der Waals surface area contributed by atoms with Crippen LogP contribution in [0, 0.1) is 6.92 Å². The molecule has 3 rings (SSSR count). The van der Waals surface area contributed by atoms with Gasteiger partial charge in [-0.1, -0.05) is 17.7 Å². The molecule has 0 unspecified atom stereocenters. The molecule has 0 radical (unpaired) electrons. The molecule has 0 bridgehead atoms. The van der Waals surface area contributed by atoms with Crippen LogP contribution in [0.25, 0.3) is 0 Å². The van der Waals surface area contributed by atoms with Gasteiger partial charge in [0.2, 0.25) is 16.0 Å². The first kappa shape index (κ1) is 17.1. The van der Waals surface area contributed by atoms with Gasteiger partial charge in [0.05, 0.1) is 17.1 Å². The summed E-state index contributed by atoms with van der Waals surface area (Å²) in [5.41, 5.74) is 1.17. The predicted molar refractivity (Wildman–Crippen MR) is 93.7 cm³/mol. The minimum Gasteiger partial charge on any atom is -0.341 e. The van der Waals surface area contributed by atoms with Crippen molar-refractivity contribution in [2.45, 2.75) is 31.2 Å². The zero-order valence-corrected chi connectivity index (χ0v) is 14.9. The minimum atomic E-state index is -3.65. The maximum Gasteiger partial charge on any atom is 0.241 e. The monoisotopic (exact) mass is 366 g/mol. The van der Waals surface area contributed by atoms with Gasteiger partial charge in [-0.3, -0.25) is 0 Å². The average Bonchev–Trinajstić information content (AvgIpc) is 3.10. The zero-order chi connectivity index (χ0) is 17.2. The van der Waals surface area contributed by atoms with Crippen LogP contribution in [0.1, 0.15) is 24.1 Å². The Labute approximate surface area is 146 Å². The lowest BCUT2D eigenvalue weighted by molar-refractivity contribution is 0.579. The molecule has 1 aliphatic rings. The molecular formula is C16H19ClN4O2S. The van der Waals surface area contributed by atoms with Crippen LogP contribution in [-0.4, -0.2) is 31.5 Å². The normalized spacial score (nSPS) is 15.0. The van der Waals surface area contributed by atoms with Crippen molar-refractivity contribution in [3.05, 3.63) is 46.7 Å². The molecule has 1 N–H and O–H groups in total. The Morgan fingerprint density at radius 1 is 1.25 bits per heavy atom. The van der Waals surface area contributed by atoms with Gasteiger partial charge in [-0.25, -0.2) is 23.1 Å². The Balaban J connectivity index is 1.75. The molecule has 0 atom stereocenters. The largest absolute Gasteiger partial charge is 0.341 e. The summed E-state index contributed by atoms with van der Waals surface area (Å²) >= 11 is 6.01. The van der Waals surface area contributed by atoms with E-state index < -0.39 is 10.0 Å². The summed E-state index contributed by atoms with van der Waals surface area (Å²) in [4.78, 5) is 11.0. The minimum absolute atomic E-state index is 0.109. The summed E-state index contributed by atoms with van der Waals surface area (Å²) in [7, 11) is -3.65. The summed E-state index contributed by atoms with van der Waals surface area (Å²) in [5, 5.41) is 0.427. The number of rotatable bonds is 5. The maximum atomic E-state index is 12.5. The molecule has 0 spiro atoms. The van der Waals surface area contributed by atoms with E-state index in [4.69, 9.17) is 11.6 Å². The molecule has 1 aromatic carbocycles. The third-order valence-electron chi connectivity index (χ3n) is 4.04. The van der Waals surface area contributed by atoms with E-state index in [2.05, 4.69) is 19.6 Å². The average molecular weight is 367 g/mol. The molecule has 24 heavy (non-hydrogen) atoms. The van der Waals surface area contributed by atoms with E-state index in [1.807, 2.05) is 0 Å². The van der Waals surface area contributed by atoms with Crippen LogP contribution >= 0.6 is 11.6 Å². The van der Waals surface area contributed by atoms with E-state index in [-0.39, 0.29) is 11.4 Å². The summed E-state index contributed by atoms with van der Waals surface area (Å²) in [5.74, 6) is 0.656. The van der Waals surface area contributed by atoms with Gasteiger partial charge >= 0.3 is 0 Å². The first-order chi connectivity index (χ1) is 11.5. The van der Waals surface area contributed by atoms with Crippen LogP contribution in [0.2, 0.25) is 5.02 Å². The molecule has 0 aliphatic carbocycles. The number of hydrogen-bond acceptors (Lipinski definition) is 5. The first-order valence-corrected chi connectivity index (χ1v) is 9.65. The molecular weight excluding hydrogens is 348 g/mol. The van der Waals surface area contributed by atoms with Crippen molar-refractivity contribution in [2.75, 3.05) is 18.0 Å². The van der Waals surface area contributed by atoms with Crippen LogP contribution in [0.5, 0.6) is 0 Å². The lowest BCUT2D eigenvalue weighted by Crippen LogP contribution is -2.26. The van der Waals surface area contributed by atoms with Crippen molar-refractivity contribution < 1.29 is 8.42 Å². The second kappa shape index (κ2) is 7.04. The standard InChI is InChI=1S/C16H19ClN4O2S/c1-12-14(17)5-4-6-15(12)24(22,23)19-11-13-7-8-18-16(20-13)21-9-2-3-10-21/h4-8,19H,2-3,9-11H2,1H3.